The summed E-state index contributed by atoms with van der Waals surface area (Å²) in [5.41, 5.74) is 3.83. The van der Waals surface area contributed by atoms with Crippen molar-refractivity contribution >= 4 is 5.70 Å². The second-order valence-corrected chi connectivity index (χ2v) is 4.93. The van der Waals surface area contributed by atoms with Crippen LogP contribution in [0.1, 0.15) is 30.9 Å². The van der Waals surface area contributed by atoms with Crippen molar-refractivity contribution in [2.24, 2.45) is 5.92 Å². The van der Waals surface area contributed by atoms with Crippen LogP contribution in [0.15, 0.2) is 30.8 Å². The quantitative estimate of drug-likeness (QED) is 0.727. The molecule has 0 saturated carbocycles. The van der Waals surface area contributed by atoms with Gasteiger partial charge in [-0.25, -0.2) is 0 Å². The highest BCUT2D eigenvalue weighted by atomic mass is 15.1. The minimum Gasteiger partial charge on any atom is -0.372 e. The number of rotatable bonds is 2. The lowest BCUT2D eigenvalue weighted by Crippen LogP contribution is -2.31. The Balaban J connectivity index is 2.11. The molecule has 1 aliphatic heterocycles. The van der Waals surface area contributed by atoms with Gasteiger partial charge in [0.2, 0.25) is 0 Å². The predicted octanol–water partition coefficient (Wildman–Crippen LogP) is 3.70. The fourth-order valence-electron chi connectivity index (χ4n) is 2.35. The van der Waals surface area contributed by atoms with E-state index in [1.54, 1.807) is 0 Å². The van der Waals surface area contributed by atoms with E-state index in [0.29, 0.717) is 0 Å². The number of hydrogen-bond acceptors (Lipinski definition) is 1. The van der Waals surface area contributed by atoms with E-state index >= 15 is 0 Å². The molecule has 1 aromatic carbocycles. The Bertz CT molecular complexity index is 373. The number of benzene rings is 1. The molecule has 0 radical (unpaired) electrons. The van der Waals surface area contributed by atoms with Crippen LogP contribution < -0.4 is 0 Å². The van der Waals surface area contributed by atoms with Gasteiger partial charge >= 0.3 is 0 Å². The van der Waals surface area contributed by atoms with E-state index in [1.807, 2.05) is 0 Å². The van der Waals surface area contributed by atoms with Gasteiger partial charge in [-0.2, -0.15) is 0 Å². The van der Waals surface area contributed by atoms with E-state index in [-0.39, 0.29) is 0 Å². The molecule has 0 bridgehead atoms. The summed E-state index contributed by atoms with van der Waals surface area (Å²) in [6.45, 7) is 11.1. The fourth-order valence-corrected chi connectivity index (χ4v) is 2.35. The van der Waals surface area contributed by atoms with E-state index < -0.39 is 0 Å². The summed E-state index contributed by atoms with van der Waals surface area (Å²) in [6.07, 6.45) is 2.59. The zero-order valence-electron chi connectivity index (χ0n) is 10.4. The maximum absolute atomic E-state index is 4.26. The maximum atomic E-state index is 4.26. The lowest BCUT2D eigenvalue weighted by Gasteiger charge is -2.34. The number of nitrogens with zero attached hydrogens (tertiary/aromatic N) is 1. The summed E-state index contributed by atoms with van der Waals surface area (Å²) >= 11 is 0. The number of piperidine rings is 1. The Hall–Kier alpha value is -1.24. The van der Waals surface area contributed by atoms with Gasteiger partial charge in [0, 0.05) is 24.4 Å². The first kappa shape index (κ1) is 11.3. The molecule has 1 saturated heterocycles. The molecule has 0 N–H and O–H groups in total. The highest BCUT2D eigenvalue weighted by molar-refractivity contribution is 5.64. The first-order valence-electron chi connectivity index (χ1n) is 6.18. The molecule has 0 aliphatic carbocycles. The van der Waals surface area contributed by atoms with Gasteiger partial charge in [0.05, 0.1) is 0 Å². The molecule has 0 unspecified atom stereocenters. The second-order valence-electron chi connectivity index (χ2n) is 4.93. The predicted molar refractivity (Wildman–Crippen MR) is 70.2 cm³/mol. The third-order valence-electron chi connectivity index (χ3n) is 3.62. The standard InChI is InChI=1S/C15H21N/c1-12-8-10-16(11-9-12)14(3)15-7-5-4-6-13(15)2/h4-7,12H,3,8-11H2,1-2H3. The van der Waals surface area contributed by atoms with Crippen LogP contribution in [0.5, 0.6) is 0 Å². The van der Waals surface area contributed by atoms with Crippen LogP contribution >= 0.6 is 0 Å². The van der Waals surface area contributed by atoms with Gasteiger partial charge < -0.3 is 4.90 Å². The topological polar surface area (TPSA) is 3.24 Å². The largest absolute Gasteiger partial charge is 0.372 e. The van der Waals surface area contributed by atoms with Crippen molar-refractivity contribution in [3.8, 4) is 0 Å². The number of likely N-dealkylation sites (tertiary alicyclic amines) is 1. The molecule has 1 heterocycles. The summed E-state index contributed by atoms with van der Waals surface area (Å²) in [6, 6.07) is 8.52. The molecule has 0 spiro atoms. The zero-order chi connectivity index (χ0) is 11.5. The van der Waals surface area contributed by atoms with Crippen LogP contribution in [0.4, 0.5) is 0 Å². The van der Waals surface area contributed by atoms with E-state index in [2.05, 4.69) is 49.6 Å². The number of hydrogen-bond donors (Lipinski definition) is 0. The summed E-state index contributed by atoms with van der Waals surface area (Å²) in [5, 5.41) is 0. The fraction of sp³-hybridized carbons (Fsp3) is 0.467. The highest BCUT2D eigenvalue weighted by Gasteiger charge is 2.17. The summed E-state index contributed by atoms with van der Waals surface area (Å²) in [5.74, 6) is 0.876. The maximum Gasteiger partial charge on any atom is 0.0369 e. The average molecular weight is 215 g/mol. The molecule has 16 heavy (non-hydrogen) atoms. The van der Waals surface area contributed by atoms with Gasteiger partial charge in [0.25, 0.3) is 0 Å². The molecular formula is C15H21N. The van der Waals surface area contributed by atoms with Crippen molar-refractivity contribution in [2.45, 2.75) is 26.7 Å². The van der Waals surface area contributed by atoms with E-state index in [4.69, 9.17) is 0 Å². The molecule has 2 rings (SSSR count). The van der Waals surface area contributed by atoms with Crippen LogP contribution in [0.25, 0.3) is 5.70 Å². The van der Waals surface area contributed by atoms with Crippen molar-refractivity contribution in [3.05, 3.63) is 42.0 Å². The molecular weight excluding hydrogens is 194 g/mol. The number of aryl methyl sites for hydroxylation is 1. The van der Waals surface area contributed by atoms with Gasteiger partial charge in [0.1, 0.15) is 0 Å². The average Bonchev–Trinajstić information content (AvgIpc) is 2.30. The summed E-state index contributed by atoms with van der Waals surface area (Å²) in [7, 11) is 0. The van der Waals surface area contributed by atoms with Crippen LogP contribution in [-0.2, 0) is 0 Å². The second kappa shape index (κ2) is 4.73. The summed E-state index contributed by atoms with van der Waals surface area (Å²) in [4.78, 5) is 2.43. The Morgan fingerprint density at radius 1 is 1.25 bits per heavy atom. The zero-order valence-corrected chi connectivity index (χ0v) is 10.4. The van der Waals surface area contributed by atoms with Gasteiger partial charge in [-0.15, -0.1) is 0 Å². The first-order chi connectivity index (χ1) is 7.68. The first-order valence-corrected chi connectivity index (χ1v) is 6.18. The van der Waals surface area contributed by atoms with E-state index in [9.17, 15) is 0 Å². The van der Waals surface area contributed by atoms with Crippen molar-refractivity contribution in [3.63, 3.8) is 0 Å². The molecule has 86 valence electrons. The molecule has 1 aliphatic rings. The molecule has 1 aromatic rings. The molecule has 1 fully saturated rings. The van der Waals surface area contributed by atoms with Crippen LogP contribution in [-0.4, -0.2) is 18.0 Å². The Morgan fingerprint density at radius 3 is 2.50 bits per heavy atom. The van der Waals surface area contributed by atoms with Crippen molar-refractivity contribution in [2.75, 3.05) is 13.1 Å². The smallest absolute Gasteiger partial charge is 0.0369 e. The van der Waals surface area contributed by atoms with E-state index in [1.165, 1.54) is 29.7 Å². The lowest BCUT2D eigenvalue weighted by molar-refractivity contribution is 0.268. The van der Waals surface area contributed by atoms with E-state index in [0.717, 1.165) is 19.0 Å². The Labute approximate surface area is 98.8 Å². The SMILES string of the molecule is C=C(c1ccccc1C)N1CCC(C)CC1. The lowest BCUT2D eigenvalue weighted by atomic mass is 9.97. The van der Waals surface area contributed by atoms with Gasteiger partial charge in [-0.3, -0.25) is 0 Å². The van der Waals surface area contributed by atoms with Crippen molar-refractivity contribution in [1.82, 2.24) is 4.90 Å². The third-order valence-corrected chi connectivity index (χ3v) is 3.62. The molecule has 1 heteroatoms. The minimum atomic E-state index is 0.876. The van der Waals surface area contributed by atoms with Crippen LogP contribution in [0, 0.1) is 12.8 Å². The van der Waals surface area contributed by atoms with Crippen LogP contribution in [0.2, 0.25) is 0 Å². The Kier molecular flexibility index (Phi) is 3.33. The molecule has 0 atom stereocenters. The van der Waals surface area contributed by atoms with Crippen LogP contribution in [0.3, 0.4) is 0 Å². The van der Waals surface area contributed by atoms with Gasteiger partial charge in [0.15, 0.2) is 0 Å². The third kappa shape index (κ3) is 2.29. The minimum absolute atomic E-state index is 0.876. The molecule has 1 nitrogen and oxygen atoms in total. The molecule has 0 amide bonds. The Morgan fingerprint density at radius 2 is 1.88 bits per heavy atom. The van der Waals surface area contributed by atoms with Crippen molar-refractivity contribution in [1.29, 1.82) is 0 Å². The highest BCUT2D eigenvalue weighted by Crippen LogP contribution is 2.26. The van der Waals surface area contributed by atoms with Gasteiger partial charge in [-0.05, 0) is 31.2 Å². The molecule has 0 aromatic heterocycles. The normalized spacial score (nSPS) is 17.5. The summed E-state index contributed by atoms with van der Waals surface area (Å²) < 4.78 is 0. The van der Waals surface area contributed by atoms with Gasteiger partial charge in [-0.1, -0.05) is 37.8 Å². The monoisotopic (exact) mass is 215 g/mol. The van der Waals surface area contributed by atoms with Crippen molar-refractivity contribution < 1.29 is 0 Å².